The van der Waals surface area contributed by atoms with Crippen molar-refractivity contribution in [1.29, 1.82) is 0 Å². The molecule has 1 atom stereocenters. The van der Waals surface area contributed by atoms with Gasteiger partial charge in [0.15, 0.2) is 0 Å². The fourth-order valence-electron chi connectivity index (χ4n) is 3.74. The van der Waals surface area contributed by atoms with E-state index in [9.17, 15) is 17.6 Å². The highest BCUT2D eigenvalue weighted by Gasteiger charge is 2.31. The first-order valence-electron chi connectivity index (χ1n) is 10.7. The Morgan fingerprint density at radius 2 is 1.69 bits per heavy atom. The molecule has 0 aliphatic carbocycles. The van der Waals surface area contributed by atoms with Crippen molar-refractivity contribution in [2.45, 2.75) is 32.5 Å². The number of nitrogens with zero attached hydrogens (tertiary/aromatic N) is 2. The number of carbonyl (C=O) groups is 1. The molecule has 2 aromatic rings. The smallest absolute Gasteiger partial charge is 0.244 e. The average Bonchev–Trinajstić information content (AvgIpc) is 2.77. The lowest BCUT2D eigenvalue weighted by Gasteiger charge is -2.30. The lowest BCUT2D eigenvalue weighted by Crippen LogP contribution is -2.49. The molecule has 1 heterocycles. The molecule has 0 spiro atoms. The lowest BCUT2D eigenvalue weighted by molar-refractivity contribution is -0.122. The molecular weight excluding hydrogens is 433 g/mol. The van der Waals surface area contributed by atoms with Gasteiger partial charge >= 0.3 is 0 Å². The van der Waals surface area contributed by atoms with Crippen molar-refractivity contribution in [3.05, 3.63) is 65.5 Å². The van der Waals surface area contributed by atoms with Crippen LogP contribution in [-0.4, -0.2) is 57.8 Å². The number of ether oxygens (including phenoxy) is 1. The predicted molar refractivity (Wildman–Crippen MR) is 122 cm³/mol. The summed E-state index contributed by atoms with van der Waals surface area (Å²) in [7, 11) is -3.75. The van der Waals surface area contributed by atoms with Crippen molar-refractivity contribution < 1.29 is 22.3 Å². The van der Waals surface area contributed by atoms with Crippen LogP contribution in [0.4, 0.5) is 10.1 Å². The van der Waals surface area contributed by atoms with E-state index in [-0.39, 0.29) is 18.7 Å². The second-order valence-electron chi connectivity index (χ2n) is 7.88. The number of sulfonamides is 1. The van der Waals surface area contributed by atoms with Gasteiger partial charge in [0.25, 0.3) is 0 Å². The van der Waals surface area contributed by atoms with E-state index in [2.05, 4.69) is 10.2 Å². The van der Waals surface area contributed by atoms with Crippen molar-refractivity contribution in [2.24, 2.45) is 0 Å². The molecule has 1 unspecified atom stereocenters. The predicted octanol–water partition coefficient (Wildman–Crippen LogP) is 2.52. The van der Waals surface area contributed by atoms with Crippen LogP contribution in [0.25, 0.3) is 0 Å². The Morgan fingerprint density at radius 3 is 2.25 bits per heavy atom. The van der Waals surface area contributed by atoms with Crippen LogP contribution in [0.3, 0.4) is 0 Å². The van der Waals surface area contributed by atoms with Crippen LogP contribution in [-0.2, 0) is 32.6 Å². The van der Waals surface area contributed by atoms with Gasteiger partial charge in [0, 0.05) is 26.2 Å². The Balaban J connectivity index is 1.64. The molecule has 1 amide bonds. The van der Waals surface area contributed by atoms with Gasteiger partial charge in [-0.1, -0.05) is 31.2 Å². The maximum absolute atomic E-state index is 13.3. The number of anilines is 1. The van der Waals surface area contributed by atoms with Gasteiger partial charge in [0.05, 0.1) is 25.2 Å². The van der Waals surface area contributed by atoms with Crippen molar-refractivity contribution in [3.63, 3.8) is 0 Å². The first-order valence-corrected chi connectivity index (χ1v) is 12.5. The molecule has 0 saturated carbocycles. The molecule has 1 fully saturated rings. The maximum atomic E-state index is 13.3. The number of morpholine rings is 1. The molecule has 1 saturated heterocycles. The van der Waals surface area contributed by atoms with Crippen LogP contribution in [0.5, 0.6) is 0 Å². The maximum Gasteiger partial charge on any atom is 0.244 e. The van der Waals surface area contributed by atoms with Crippen molar-refractivity contribution >= 4 is 21.6 Å². The highest BCUT2D eigenvalue weighted by atomic mass is 32.2. The Bertz CT molecular complexity index is 991. The van der Waals surface area contributed by atoms with Crippen LogP contribution in [0.2, 0.25) is 0 Å². The molecule has 9 heteroatoms. The van der Waals surface area contributed by atoms with Crippen LogP contribution in [0.1, 0.15) is 24.5 Å². The van der Waals surface area contributed by atoms with Gasteiger partial charge in [-0.2, -0.15) is 0 Å². The number of benzene rings is 2. The molecule has 7 nitrogen and oxygen atoms in total. The third-order valence-electron chi connectivity index (χ3n) is 5.41. The first kappa shape index (κ1) is 24.2. The fraction of sp³-hybridized carbons (Fsp3) is 0.435. The van der Waals surface area contributed by atoms with Crippen molar-refractivity contribution in [1.82, 2.24) is 10.2 Å². The molecule has 2 aromatic carbocycles. The molecule has 0 bridgehead atoms. The van der Waals surface area contributed by atoms with Crippen LogP contribution >= 0.6 is 0 Å². The SMILES string of the molecule is CCC(C(=O)NCc1ccc(CN2CCOCC2)cc1)N(c1ccc(F)cc1)S(C)(=O)=O. The molecule has 0 radical (unpaired) electrons. The van der Waals surface area contributed by atoms with Gasteiger partial charge in [0.2, 0.25) is 15.9 Å². The fourth-order valence-corrected chi connectivity index (χ4v) is 4.95. The van der Waals surface area contributed by atoms with Gasteiger partial charge < -0.3 is 10.1 Å². The number of carbonyl (C=O) groups excluding carboxylic acids is 1. The van der Waals surface area contributed by atoms with Gasteiger partial charge in [-0.05, 0) is 41.8 Å². The van der Waals surface area contributed by atoms with E-state index in [1.54, 1.807) is 6.92 Å². The standard InChI is InChI=1S/C23H30FN3O4S/c1-3-22(27(32(2,29)30)21-10-8-20(24)9-11-21)23(28)25-16-18-4-6-19(7-5-18)17-26-12-14-31-15-13-26/h4-11,22H,3,12-17H2,1-2H3,(H,25,28). The summed E-state index contributed by atoms with van der Waals surface area (Å²) in [6.45, 7) is 6.23. The van der Waals surface area contributed by atoms with E-state index in [0.29, 0.717) is 0 Å². The number of hydrogen-bond donors (Lipinski definition) is 1. The van der Waals surface area contributed by atoms with E-state index < -0.39 is 27.8 Å². The summed E-state index contributed by atoms with van der Waals surface area (Å²) in [6.07, 6.45) is 1.31. The second-order valence-corrected chi connectivity index (χ2v) is 9.74. The average molecular weight is 464 g/mol. The van der Waals surface area contributed by atoms with Crippen LogP contribution in [0.15, 0.2) is 48.5 Å². The quantitative estimate of drug-likeness (QED) is 0.618. The van der Waals surface area contributed by atoms with Gasteiger partial charge in [-0.25, -0.2) is 12.8 Å². The second kappa shape index (κ2) is 10.9. The minimum atomic E-state index is -3.75. The van der Waals surface area contributed by atoms with E-state index in [4.69, 9.17) is 4.74 Å². The van der Waals surface area contributed by atoms with Gasteiger partial charge in [0.1, 0.15) is 11.9 Å². The Morgan fingerprint density at radius 1 is 1.09 bits per heavy atom. The Hall–Kier alpha value is -2.49. The van der Waals surface area contributed by atoms with Crippen molar-refractivity contribution in [2.75, 3.05) is 36.9 Å². The number of nitrogens with one attached hydrogen (secondary N) is 1. The number of amides is 1. The summed E-state index contributed by atoms with van der Waals surface area (Å²) in [4.78, 5) is 15.2. The van der Waals surface area contributed by atoms with E-state index in [1.165, 1.54) is 29.8 Å². The van der Waals surface area contributed by atoms with Crippen LogP contribution in [0, 0.1) is 5.82 Å². The lowest BCUT2D eigenvalue weighted by atomic mass is 10.1. The molecule has 1 N–H and O–H groups in total. The van der Waals surface area contributed by atoms with Crippen LogP contribution < -0.4 is 9.62 Å². The zero-order valence-electron chi connectivity index (χ0n) is 18.5. The Kier molecular flexibility index (Phi) is 8.22. The summed E-state index contributed by atoms with van der Waals surface area (Å²) in [6, 6.07) is 12.1. The highest BCUT2D eigenvalue weighted by molar-refractivity contribution is 7.92. The molecule has 1 aliphatic rings. The third kappa shape index (κ3) is 6.51. The highest BCUT2D eigenvalue weighted by Crippen LogP contribution is 2.23. The van der Waals surface area contributed by atoms with E-state index >= 15 is 0 Å². The molecule has 3 rings (SSSR count). The molecule has 0 aromatic heterocycles. The van der Waals surface area contributed by atoms with Gasteiger partial charge in [-0.3, -0.25) is 14.0 Å². The summed E-state index contributed by atoms with van der Waals surface area (Å²) < 4.78 is 44.6. The largest absolute Gasteiger partial charge is 0.379 e. The van der Waals surface area contributed by atoms with Crippen molar-refractivity contribution in [3.8, 4) is 0 Å². The van der Waals surface area contributed by atoms with Gasteiger partial charge in [-0.15, -0.1) is 0 Å². The third-order valence-corrected chi connectivity index (χ3v) is 6.59. The van der Waals surface area contributed by atoms with E-state index in [0.717, 1.165) is 49.0 Å². The normalized spacial score (nSPS) is 15.8. The summed E-state index contributed by atoms with van der Waals surface area (Å²) in [5, 5.41) is 2.84. The molecule has 1 aliphatic heterocycles. The number of hydrogen-bond acceptors (Lipinski definition) is 5. The molecule has 32 heavy (non-hydrogen) atoms. The minimum absolute atomic E-state index is 0.253. The monoisotopic (exact) mass is 463 g/mol. The summed E-state index contributed by atoms with van der Waals surface area (Å²) in [5.41, 5.74) is 2.36. The number of rotatable bonds is 9. The summed E-state index contributed by atoms with van der Waals surface area (Å²) in [5.74, 6) is -0.878. The first-order chi connectivity index (χ1) is 15.3. The topological polar surface area (TPSA) is 79.0 Å². The molecule has 174 valence electrons. The molecular formula is C23H30FN3O4S. The summed E-state index contributed by atoms with van der Waals surface area (Å²) >= 11 is 0. The van der Waals surface area contributed by atoms with E-state index in [1.807, 2.05) is 24.3 Å². The number of halogens is 1. The zero-order chi connectivity index (χ0) is 23.1. The Labute approximate surface area is 189 Å². The zero-order valence-corrected chi connectivity index (χ0v) is 19.3. The minimum Gasteiger partial charge on any atom is -0.379 e.